The van der Waals surface area contributed by atoms with Crippen LogP contribution >= 0.6 is 11.3 Å². The van der Waals surface area contributed by atoms with Gasteiger partial charge in [-0.15, -0.1) is 11.3 Å². The Morgan fingerprint density at radius 3 is 2.60 bits per heavy atom. The second-order valence-corrected chi connectivity index (χ2v) is 7.55. The maximum Gasteiger partial charge on any atom is 0.290 e. The molecule has 30 heavy (non-hydrogen) atoms. The fourth-order valence-electron chi connectivity index (χ4n) is 3.53. The number of hydrogen-bond acceptors (Lipinski definition) is 7. The maximum atomic E-state index is 13.2. The summed E-state index contributed by atoms with van der Waals surface area (Å²) < 4.78 is 16.1. The minimum atomic E-state index is -0.808. The van der Waals surface area contributed by atoms with Gasteiger partial charge in [-0.1, -0.05) is 12.1 Å². The quantitative estimate of drug-likeness (QED) is 0.573. The van der Waals surface area contributed by atoms with E-state index >= 15 is 0 Å². The third-order valence-electron chi connectivity index (χ3n) is 4.92. The normalized spacial score (nSPS) is 16.3. The lowest BCUT2D eigenvalue weighted by Gasteiger charge is -2.26. The van der Waals surface area contributed by atoms with Gasteiger partial charge >= 0.3 is 0 Å². The Morgan fingerprint density at radius 1 is 1.17 bits per heavy atom. The Kier molecular flexibility index (Phi) is 5.33. The number of hydrogen-bond donors (Lipinski definition) is 1. The molecular formula is C22H19NO6S. The molecule has 0 saturated carbocycles. The average Bonchev–Trinajstić information content (AvgIpc) is 3.52. The van der Waals surface area contributed by atoms with Crippen LogP contribution in [0, 0.1) is 0 Å². The van der Waals surface area contributed by atoms with Gasteiger partial charge in [0.25, 0.3) is 5.91 Å². The number of aliphatic hydroxyl groups is 1. The molecule has 7 nitrogen and oxygen atoms in total. The number of Topliss-reactive ketones (excluding diaryl/α,β-unsaturated/α-hetero) is 1. The van der Waals surface area contributed by atoms with Crippen molar-refractivity contribution in [3.63, 3.8) is 0 Å². The Hall–Kier alpha value is -3.52. The summed E-state index contributed by atoms with van der Waals surface area (Å²) in [5.74, 6) is -0.0768. The van der Waals surface area contributed by atoms with Crippen LogP contribution in [-0.2, 0) is 11.3 Å². The van der Waals surface area contributed by atoms with Gasteiger partial charge in [-0.3, -0.25) is 9.59 Å². The summed E-state index contributed by atoms with van der Waals surface area (Å²) in [6.07, 6.45) is 1.51. The number of aliphatic hydroxyl groups excluding tert-OH is 1. The molecule has 3 aromatic rings. The zero-order valence-corrected chi connectivity index (χ0v) is 17.1. The van der Waals surface area contributed by atoms with Gasteiger partial charge in [0.05, 0.1) is 43.5 Å². The molecule has 1 atom stereocenters. The van der Waals surface area contributed by atoms with Crippen molar-refractivity contribution >= 4 is 23.0 Å². The van der Waals surface area contributed by atoms with E-state index in [-0.39, 0.29) is 12.1 Å². The topological polar surface area (TPSA) is 89.2 Å². The molecule has 0 saturated heterocycles. The van der Waals surface area contributed by atoms with E-state index in [0.29, 0.717) is 27.7 Å². The molecule has 0 fully saturated rings. The molecule has 3 heterocycles. The molecule has 4 rings (SSSR count). The summed E-state index contributed by atoms with van der Waals surface area (Å²) in [6.45, 7) is 0.0934. The van der Waals surface area contributed by atoms with Crippen LogP contribution in [0.5, 0.6) is 11.5 Å². The monoisotopic (exact) mass is 425 g/mol. The Bertz CT molecular complexity index is 1100. The van der Waals surface area contributed by atoms with Crippen LogP contribution in [-0.4, -0.2) is 35.9 Å². The summed E-state index contributed by atoms with van der Waals surface area (Å²) in [7, 11) is 3.03. The highest BCUT2D eigenvalue weighted by Crippen LogP contribution is 2.42. The fraction of sp³-hybridized carbons (Fsp3) is 0.182. The molecule has 0 aliphatic carbocycles. The molecule has 0 spiro atoms. The van der Waals surface area contributed by atoms with Gasteiger partial charge in [-0.25, -0.2) is 0 Å². The minimum absolute atomic E-state index is 0.0289. The lowest BCUT2D eigenvalue weighted by molar-refractivity contribution is -0.130. The minimum Gasteiger partial charge on any atom is -0.503 e. The Labute approximate surface area is 176 Å². The number of ether oxygens (including phenoxy) is 2. The lowest BCUT2D eigenvalue weighted by atomic mass is 9.95. The predicted molar refractivity (Wildman–Crippen MR) is 110 cm³/mol. The van der Waals surface area contributed by atoms with Crippen LogP contribution in [0.2, 0.25) is 0 Å². The van der Waals surface area contributed by atoms with Crippen LogP contribution in [0.3, 0.4) is 0 Å². The van der Waals surface area contributed by atoms with Gasteiger partial charge in [-0.2, -0.15) is 0 Å². The summed E-state index contributed by atoms with van der Waals surface area (Å²) in [4.78, 5) is 28.0. The molecule has 8 heteroatoms. The van der Waals surface area contributed by atoms with Crippen LogP contribution in [0.15, 0.2) is 69.9 Å². The summed E-state index contributed by atoms with van der Waals surface area (Å²) in [6, 6.07) is 11.2. The number of methoxy groups -OCH3 is 2. The number of nitrogens with zero attached hydrogens (tertiary/aromatic N) is 1. The highest BCUT2D eigenvalue weighted by Gasteiger charge is 2.44. The molecule has 0 radical (unpaired) electrons. The number of carbonyl (C=O) groups excluding carboxylic acids is 2. The van der Waals surface area contributed by atoms with Crippen LogP contribution in [0.4, 0.5) is 0 Å². The van der Waals surface area contributed by atoms with E-state index in [2.05, 4.69) is 0 Å². The van der Waals surface area contributed by atoms with Gasteiger partial charge in [-0.05, 0) is 41.3 Å². The number of furan rings is 1. The summed E-state index contributed by atoms with van der Waals surface area (Å²) in [5.41, 5.74) is 0.637. The third-order valence-corrected chi connectivity index (χ3v) is 5.79. The van der Waals surface area contributed by atoms with Crippen LogP contribution < -0.4 is 9.47 Å². The average molecular weight is 425 g/mol. The number of rotatable bonds is 7. The van der Waals surface area contributed by atoms with Crippen molar-refractivity contribution in [2.24, 2.45) is 0 Å². The summed E-state index contributed by atoms with van der Waals surface area (Å²) in [5, 5.41) is 12.4. The predicted octanol–water partition coefficient (Wildman–Crippen LogP) is 4.14. The van der Waals surface area contributed by atoms with Crippen molar-refractivity contribution in [2.75, 3.05) is 14.2 Å². The molecule has 0 bridgehead atoms. The number of carbonyl (C=O) groups is 2. The standard InChI is InChI=1S/C22H19NO6S/c1-27-15-8-7-13(11-16(15)28-2)19-18(20(24)17-6-4-10-30-17)21(25)22(26)23(19)12-14-5-3-9-29-14/h3-11,19,25H,12H2,1-2H3. The molecule has 2 aromatic heterocycles. The first kappa shape index (κ1) is 19.8. The maximum absolute atomic E-state index is 13.2. The van der Waals surface area contributed by atoms with Gasteiger partial charge in [0.1, 0.15) is 5.76 Å². The van der Waals surface area contributed by atoms with E-state index < -0.39 is 23.5 Å². The van der Waals surface area contributed by atoms with Gasteiger partial charge < -0.3 is 23.9 Å². The van der Waals surface area contributed by atoms with E-state index in [1.54, 1.807) is 47.8 Å². The highest BCUT2D eigenvalue weighted by molar-refractivity contribution is 7.12. The van der Waals surface area contributed by atoms with E-state index in [9.17, 15) is 14.7 Å². The molecule has 1 aliphatic rings. The number of thiophene rings is 1. The van der Waals surface area contributed by atoms with Crippen LogP contribution in [0.25, 0.3) is 0 Å². The molecule has 1 N–H and O–H groups in total. The first-order chi connectivity index (χ1) is 14.5. The number of benzene rings is 1. The van der Waals surface area contributed by atoms with Crippen LogP contribution in [0.1, 0.15) is 27.0 Å². The molecule has 1 aliphatic heterocycles. The van der Waals surface area contributed by atoms with Gasteiger partial charge in [0.2, 0.25) is 5.78 Å². The molecule has 1 amide bonds. The van der Waals surface area contributed by atoms with Crippen molar-refractivity contribution in [3.8, 4) is 11.5 Å². The fourth-order valence-corrected chi connectivity index (χ4v) is 4.21. The van der Waals surface area contributed by atoms with E-state index in [4.69, 9.17) is 13.9 Å². The lowest BCUT2D eigenvalue weighted by Crippen LogP contribution is -2.30. The molecular weight excluding hydrogens is 406 g/mol. The van der Waals surface area contributed by atoms with Crippen molar-refractivity contribution < 1.29 is 28.6 Å². The second-order valence-electron chi connectivity index (χ2n) is 6.60. The van der Waals surface area contributed by atoms with Crippen molar-refractivity contribution in [1.82, 2.24) is 4.90 Å². The molecule has 154 valence electrons. The Morgan fingerprint density at radius 2 is 1.97 bits per heavy atom. The third kappa shape index (κ3) is 3.35. The van der Waals surface area contributed by atoms with Crippen molar-refractivity contribution in [2.45, 2.75) is 12.6 Å². The first-order valence-corrected chi connectivity index (χ1v) is 9.99. The summed E-state index contributed by atoms with van der Waals surface area (Å²) >= 11 is 1.25. The highest BCUT2D eigenvalue weighted by atomic mass is 32.1. The zero-order valence-electron chi connectivity index (χ0n) is 16.3. The van der Waals surface area contributed by atoms with Crippen molar-refractivity contribution in [3.05, 3.63) is 81.6 Å². The van der Waals surface area contributed by atoms with E-state index in [1.807, 2.05) is 0 Å². The molecule has 1 aromatic carbocycles. The number of ketones is 1. The molecule has 1 unspecified atom stereocenters. The largest absolute Gasteiger partial charge is 0.503 e. The van der Waals surface area contributed by atoms with Crippen molar-refractivity contribution in [1.29, 1.82) is 0 Å². The number of amides is 1. The second kappa shape index (κ2) is 8.08. The zero-order chi connectivity index (χ0) is 21.3. The van der Waals surface area contributed by atoms with Gasteiger partial charge in [0, 0.05) is 0 Å². The van der Waals surface area contributed by atoms with Gasteiger partial charge in [0.15, 0.2) is 17.3 Å². The smallest absolute Gasteiger partial charge is 0.290 e. The Balaban J connectivity index is 1.83. The SMILES string of the molecule is COc1ccc(C2C(C(=O)c3cccs3)=C(O)C(=O)N2Cc2ccco2)cc1OC. The van der Waals surface area contributed by atoms with E-state index in [1.165, 1.54) is 36.7 Å². The first-order valence-electron chi connectivity index (χ1n) is 9.11. The van der Waals surface area contributed by atoms with E-state index in [0.717, 1.165) is 0 Å².